The number of nitrogens with zero attached hydrogens (tertiary/aromatic N) is 1. The zero-order valence-corrected chi connectivity index (χ0v) is 11.8. The number of amides is 2. The molecule has 2 amide bonds. The Hall–Kier alpha value is -1.30. The standard InChI is InChI=1S/C13H24N2O4/c1-3-9-19-10-5-7-14-12(18)15-8-4-6-13(15,2)11(16)17/h3-10H2,1-2H3,(H,14,18)(H,16,17). The van der Waals surface area contributed by atoms with Crippen LogP contribution in [0, 0.1) is 0 Å². The molecule has 6 nitrogen and oxygen atoms in total. The van der Waals surface area contributed by atoms with E-state index in [0.717, 1.165) is 25.9 Å². The monoisotopic (exact) mass is 272 g/mol. The van der Waals surface area contributed by atoms with Gasteiger partial charge in [0.15, 0.2) is 0 Å². The second kappa shape index (κ2) is 7.33. The van der Waals surface area contributed by atoms with Crippen LogP contribution in [0.25, 0.3) is 0 Å². The molecule has 1 aliphatic heterocycles. The summed E-state index contributed by atoms with van der Waals surface area (Å²) >= 11 is 0. The van der Waals surface area contributed by atoms with Gasteiger partial charge in [-0.3, -0.25) is 0 Å². The number of aliphatic carboxylic acids is 1. The third-order valence-electron chi connectivity index (χ3n) is 3.44. The quantitative estimate of drug-likeness (QED) is 0.688. The normalized spacial score (nSPS) is 22.5. The molecule has 0 aromatic heterocycles. The molecule has 19 heavy (non-hydrogen) atoms. The number of hydrogen-bond acceptors (Lipinski definition) is 3. The van der Waals surface area contributed by atoms with Crippen molar-refractivity contribution in [2.75, 3.05) is 26.3 Å². The van der Waals surface area contributed by atoms with Crippen molar-refractivity contribution < 1.29 is 19.4 Å². The Morgan fingerprint density at radius 2 is 2.16 bits per heavy atom. The van der Waals surface area contributed by atoms with E-state index in [1.807, 2.05) is 6.92 Å². The molecule has 0 spiro atoms. The number of carboxylic acid groups (broad SMARTS) is 1. The van der Waals surface area contributed by atoms with Crippen LogP contribution in [-0.2, 0) is 9.53 Å². The van der Waals surface area contributed by atoms with Crippen LogP contribution >= 0.6 is 0 Å². The lowest BCUT2D eigenvalue weighted by Gasteiger charge is -2.31. The van der Waals surface area contributed by atoms with Crippen molar-refractivity contribution in [3.63, 3.8) is 0 Å². The molecule has 1 saturated heterocycles. The fourth-order valence-electron chi connectivity index (χ4n) is 2.22. The highest BCUT2D eigenvalue weighted by Crippen LogP contribution is 2.29. The van der Waals surface area contributed by atoms with Crippen molar-refractivity contribution in [1.29, 1.82) is 0 Å². The topological polar surface area (TPSA) is 78.9 Å². The predicted octanol–water partition coefficient (Wildman–Crippen LogP) is 1.45. The number of urea groups is 1. The SMILES string of the molecule is CCCOCCCNC(=O)N1CCCC1(C)C(=O)O. The van der Waals surface area contributed by atoms with Gasteiger partial charge in [-0.2, -0.15) is 0 Å². The maximum Gasteiger partial charge on any atom is 0.329 e. The van der Waals surface area contributed by atoms with E-state index in [9.17, 15) is 14.7 Å². The van der Waals surface area contributed by atoms with Crippen LogP contribution in [-0.4, -0.2) is 53.8 Å². The van der Waals surface area contributed by atoms with E-state index in [-0.39, 0.29) is 6.03 Å². The summed E-state index contributed by atoms with van der Waals surface area (Å²) in [7, 11) is 0. The van der Waals surface area contributed by atoms with E-state index in [1.165, 1.54) is 4.90 Å². The number of likely N-dealkylation sites (tertiary alicyclic amines) is 1. The lowest BCUT2D eigenvalue weighted by Crippen LogP contribution is -2.54. The van der Waals surface area contributed by atoms with E-state index in [2.05, 4.69) is 5.32 Å². The van der Waals surface area contributed by atoms with Gasteiger partial charge in [0.05, 0.1) is 0 Å². The highest BCUT2D eigenvalue weighted by Gasteiger charge is 2.45. The summed E-state index contributed by atoms with van der Waals surface area (Å²) in [6, 6.07) is -0.294. The summed E-state index contributed by atoms with van der Waals surface area (Å²) in [6.45, 7) is 6.01. The van der Waals surface area contributed by atoms with E-state index in [4.69, 9.17) is 4.74 Å². The molecular weight excluding hydrogens is 248 g/mol. The average Bonchev–Trinajstić information content (AvgIpc) is 2.77. The summed E-state index contributed by atoms with van der Waals surface area (Å²) < 4.78 is 5.31. The number of carboxylic acids is 1. The number of carbonyl (C=O) groups is 2. The van der Waals surface area contributed by atoms with Crippen LogP contribution in [0.5, 0.6) is 0 Å². The molecule has 0 aromatic rings. The molecule has 0 aromatic carbocycles. The second-order valence-corrected chi connectivity index (χ2v) is 5.03. The van der Waals surface area contributed by atoms with Gasteiger partial charge in [-0.1, -0.05) is 6.92 Å². The Morgan fingerprint density at radius 3 is 2.79 bits per heavy atom. The fourth-order valence-corrected chi connectivity index (χ4v) is 2.22. The summed E-state index contributed by atoms with van der Waals surface area (Å²) in [5, 5.41) is 12.0. The first kappa shape index (κ1) is 15.8. The molecule has 1 atom stereocenters. The van der Waals surface area contributed by atoms with Crippen molar-refractivity contribution in [2.45, 2.75) is 45.1 Å². The van der Waals surface area contributed by atoms with E-state index in [0.29, 0.717) is 26.1 Å². The van der Waals surface area contributed by atoms with Gasteiger partial charge in [-0.25, -0.2) is 9.59 Å². The van der Waals surface area contributed by atoms with Crippen LogP contribution in [0.4, 0.5) is 4.79 Å². The molecule has 1 unspecified atom stereocenters. The number of carbonyl (C=O) groups excluding carboxylic acids is 1. The molecule has 6 heteroatoms. The lowest BCUT2D eigenvalue weighted by atomic mass is 10.00. The van der Waals surface area contributed by atoms with E-state index in [1.54, 1.807) is 6.92 Å². The van der Waals surface area contributed by atoms with Crippen molar-refractivity contribution in [3.05, 3.63) is 0 Å². The average molecular weight is 272 g/mol. The first-order chi connectivity index (χ1) is 9.02. The fraction of sp³-hybridized carbons (Fsp3) is 0.846. The smallest absolute Gasteiger partial charge is 0.329 e. The third kappa shape index (κ3) is 4.09. The first-order valence-electron chi connectivity index (χ1n) is 6.89. The highest BCUT2D eigenvalue weighted by atomic mass is 16.5. The minimum Gasteiger partial charge on any atom is -0.480 e. The van der Waals surface area contributed by atoms with Crippen LogP contribution in [0.1, 0.15) is 39.5 Å². The predicted molar refractivity (Wildman–Crippen MR) is 71.1 cm³/mol. The summed E-state index contributed by atoms with van der Waals surface area (Å²) in [5.41, 5.74) is -1.07. The van der Waals surface area contributed by atoms with Crippen LogP contribution in [0.15, 0.2) is 0 Å². The number of nitrogens with one attached hydrogen (secondary N) is 1. The Labute approximate surface area is 114 Å². The Kier molecular flexibility index (Phi) is 6.08. The Bertz CT molecular complexity index is 322. The highest BCUT2D eigenvalue weighted by molar-refractivity contribution is 5.86. The van der Waals surface area contributed by atoms with Gasteiger partial charge in [-0.15, -0.1) is 0 Å². The zero-order valence-electron chi connectivity index (χ0n) is 11.8. The summed E-state index contributed by atoms with van der Waals surface area (Å²) in [4.78, 5) is 24.6. The summed E-state index contributed by atoms with van der Waals surface area (Å²) in [5.74, 6) is -0.938. The molecular formula is C13H24N2O4. The maximum absolute atomic E-state index is 12.0. The molecule has 0 aliphatic carbocycles. The Balaban J connectivity index is 2.31. The molecule has 1 aliphatic rings. The number of ether oxygens (including phenoxy) is 1. The Morgan fingerprint density at radius 1 is 1.42 bits per heavy atom. The zero-order chi connectivity index (χ0) is 14.3. The van der Waals surface area contributed by atoms with Crippen molar-refractivity contribution >= 4 is 12.0 Å². The van der Waals surface area contributed by atoms with Crippen LogP contribution in [0.2, 0.25) is 0 Å². The molecule has 1 rings (SSSR count). The van der Waals surface area contributed by atoms with Gasteiger partial charge in [-0.05, 0) is 32.6 Å². The van der Waals surface area contributed by atoms with E-state index < -0.39 is 11.5 Å². The van der Waals surface area contributed by atoms with Crippen LogP contribution < -0.4 is 5.32 Å². The van der Waals surface area contributed by atoms with Crippen molar-refractivity contribution in [2.24, 2.45) is 0 Å². The van der Waals surface area contributed by atoms with Crippen molar-refractivity contribution in [1.82, 2.24) is 10.2 Å². The largest absolute Gasteiger partial charge is 0.480 e. The van der Waals surface area contributed by atoms with Gasteiger partial charge in [0, 0.05) is 26.3 Å². The van der Waals surface area contributed by atoms with Gasteiger partial charge in [0.1, 0.15) is 5.54 Å². The first-order valence-corrected chi connectivity index (χ1v) is 6.89. The van der Waals surface area contributed by atoms with Gasteiger partial charge in [0.2, 0.25) is 0 Å². The molecule has 110 valence electrons. The molecule has 0 saturated carbocycles. The van der Waals surface area contributed by atoms with Gasteiger partial charge in [0.25, 0.3) is 0 Å². The minimum atomic E-state index is -1.07. The minimum absolute atomic E-state index is 0.294. The molecule has 1 heterocycles. The number of hydrogen-bond donors (Lipinski definition) is 2. The maximum atomic E-state index is 12.0. The molecule has 1 fully saturated rings. The second-order valence-electron chi connectivity index (χ2n) is 5.03. The number of rotatable bonds is 7. The van der Waals surface area contributed by atoms with Crippen LogP contribution in [0.3, 0.4) is 0 Å². The van der Waals surface area contributed by atoms with Crippen molar-refractivity contribution in [3.8, 4) is 0 Å². The lowest BCUT2D eigenvalue weighted by molar-refractivity contribution is -0.147. The van der Waals surface area contributed by atoms with Gasteiger partial charge >= 0.3 is 12.0 Å². The molecule has 0 bridgehead atoms. The third-order valence-corrected chi connectivity index (χ3v) is 3.44. The van der Waals surface area contributed by atoms with Gasteiger partial charge < -0.3 is 20.1 Å². The summed E-state index contributed by atoms with van der Waals surface area (Å²) in [6.07, 6.45) is 2.96. The molecule has 2 N–H and O–H groups in total. The van der Waals surface area contributed by atoms with E-state index >= 15 is 0 Å². The molecule has 0 radical (unpaired) electrons.